The Morgan fingerprint density at radius 1 is 1.02 bits per heavy atom. The van der Waals surface area contributed by atoms with Crippen LogP contribution in [0.25, 0.3) is 0 Å². The zero-order chi connectivity index (χ0) is 29.1. The monoisotopic (exact) mass is 581 g/mol. The standard InChI is InChI=1S/C29H31N3O6S2/c1-19-9-15-23(16-10-19)40(37,38)32(27(34)26-31-29(2,3)18-39-26)24(28(35)36)17-20-11-13-22(14-12-20)30-25(33)21-7-5-4-6-8-21/h4-16,24,26,31H,17-18H2,1-3H3,(H,30,33)(H,35,36)/t24-,26-/m0/s1. The molecule has 2 amide bonds. The molecule has 1 heterocycles. The number of aryl methyl sites for hydroxylation is 1. The van der Waals surface area contributed by atoms with E-state index < -0.39 is 38.9 Å². The molecule has 2 atom stereocenters. The van der Waals surface area contributed by atoms with Crippen molar-refractivity contribution in [1.29, 1.82) is 0 Å². The van der Waals surface area contributed by atoms with Crippen LogP contribution in [0.2, 0.25) is 0 Å². The van der Waals surface area contributed by atoms with Crippen molar-refractivity contribution < 1.29 is 27.9 Å². The SMILES string of the molecule is Cc1ccc(S(=O)(=O)N(C(=O)[C@H]2NC(C)(C)CS2)[C@@H](Cc2ccc(NC(=O)c3ccccc3)cc2)C(=O)O)cc1. The van der Waals surface area contributed by atoms with E-state index in [2.05, 4.69) is 10.6 Å². The highest BCUT2D eigenvalue weighted by Gasteiger charge is 2.46. The van der Waals surface area contributed by atoms with E-state index in [-0.39, 0.29) is 17.2 Å². The van der Waals surface area contributed by atoms with Crippen molar-refractivity contribution in [3.8, 4) is 0 Å². The average molecular weight is 582 g/mol. The van der Waals surface area contributed by atoms with Crippen molar-refractivity contribution in [2.45, 2.75) is 49.0 Å². The zero-order valence-corrected chi connectivity index (χ0v) is 24.0. The summed E-state index contributed by atoms with van der Waals surface area (Å²) in [5, 5.41) is 15.2. The summed E-state index contributed by atoms with van der Waals surface area (Å²) in [5.74, 6) is -2.04. The lowest BCUT2D eigenvalue weighted by atomic mass is 10.1. The highest BCUT2D eigenvalue weighted by molar-refractivity contribution is 8.01. The first-order chi connectivity index (χ1) is 18.9. The highest BCUT2D eigenvalue weighted by atomic mass is 32.2. The van der Waals surface area contributed by atoms with Gasteiger partial charge in [-0.2, -0.15) is 0 Å². The van der Waals surface area contributed by atoms with E-state index in [0.717, 1.165) is 5.56 Å². The van der Waals surface area contributed by atoms with Gasteiger partial charge < -0.3 is 10.4 Å². The van der Waals surface area contributed by atoms with Crippen LogP contribution in [0, 0.1) is 6.92 Å². The minimum absolute atomic E-state index is 0.168. The minimum Gasteiger partial charge on any atom is -0.480 e. The van der Waals surface area contributed by atoms with Gasteiger partial charge in [0, 0.05) is 29.0 Å². The van der Waals surface area contributed by atoms with E-state index in [1.165, 1.54) is 23.9 Å². The lowest BCUT2D eigenvalue weighted by Crippen LogP contribution is -2.55. The number of nitrogens with zero attached hydrogens (tertiary/aromatic N) is 1. The molecule has 1 aliphatic rings. The zero-order valence-electron chi connectivity index (χ0n) is 22.3. The van der Waals surface area contributed by atoms with Crippen molar-refractivity contribution in [2.75, 3.05) is 11.1 Å². The molecule has 210 valence electrons. The quantitative estimate of drug-likeness (QED) is 0.347. The first-order valence-corrected chi connectivity index (χ1v) is 15.1. The Balaban J connectivity index is 1.63. The van der Waals surface area contributed by atoms with Crippen molar-refractivity contribution >= 4 is 45.3 Å². The van der Waals surface area contributed by atoms with Gasteiger partial charge in [0.1, 0.15) is 11.4 Å². The van der Waals surface area contributed by atoms with Gasteiger partial charge in [-0.25, -0.2) is 17.5 Å². The number of hydrogen-bond acceptors (Lipinski definition) is 7. The average Bonchev–Trinajstić information content (AvgIpc) is 3.29. The van der Waals surface area contributed by atoms with Crippen molar-refractivity contribution in [1.82, 2.24) is 9.62 Å². The van der Waals surface area contributed by atoms with Crippen molar-refractivity contribution in [2.24, 2.45) is 0 Å². The summed E-state index contributed by atoms with van der Waals surface area (Å²) in [5.41, 5.74) is 1.84. The molecule has 0 bridgehead atoms. The summed E-state index contributed by atoms with van der Waals surface area (Å²) in [6.45, 7) is 5.57. The Kier molecular flexibility index (Phi) is 8.67. The van der Waals surface area contributed by atoms with Gasteiger partial charge in [-0.3, -0.25) is 14.9 Å². The number of thioether (sulfide) groups is 1. The molecule has 1 saturated heterocycles. The topological polar surface area (TPSA) is 133 Å². The van der Waals surface area contributed by atoms with Crippen LogP contribution in [0.15, 0.2) is 83.8 Å². The number of carboxylic acid groups (broad SMARTS) is 1. The molecule has 11 heteroatoms. The van der Waals surface area contributed by atoms with Gasteiger partial charge in [0.2, 0.25) is 0 Å². The Bertz CT molecular complexity index is 1490. The molecule has 9 nitrogen and oxygen atoms in total. The van der Waals surface area contributed by atoms with E-state index in [4.69, 9.17) is 0 Å². The van der Waals surface area contributed by atoms with Crippen molar-refractivity contribution in [3.05, 3.63) is 95.6 Å². The minimum atomic E-state index is -4.52. The molecule has 0 spiro atoms. The van der Waals surface area contributed by atoms with Crippen LogP contribution >= 0.6 is 11.8 Å². The summed E-state index contributed by atoms with van der Waals surface area (Å²) in [6.07, 6.45) is -0.264. The van der Waals surface area contributed by atoms with E-state index >= 15 is 0 Å². The van der Waals surface area contributed by atoms with Gasteiger partial charge in [0.05, 0.1) is 4.90 Å². The summed E-state index contributed by atoms with van der Waals surface area (Å²) in [4.78, 5) is 38.6. The third-order valence-corrected chi connectivity index (χ3v) is 9.76. The number of rotatable bonds is 9. The van der Waals surface area contributed by atoms with E-state index in [9.17, 15) is 27.9 Å². The number of hydrogen-bond donors (Lipinski definition) is 3. The van der Waals surface area contributed by atoms with Crippen LogP contribution in [0.3, 0.4) is 0 Å². The fraction of sp³-hybridized carbons (Fsp3) is 0.276. The number of amides is 2. The first-order valence-electron chi connectivity index (χ1n) is 12.6. The number of benzene rings is 3. The molecule has 4 rings (SSSR count). The van der Waals surface area contributed by atoms with E-state index in [1.807, 2.05) is 13.8 Å². The maximum atomic E-state index is 13.8. The van der Waals surface area contributed by atoms with Gasteiger partial charge in [0.15, 0.2) is 0 Å². The van der Waals surface area contributed by atoms with Gasteiger partial charge in [-0.05, 0) is 62.7 Å². The van der Waals surface area contributed by atoms with Crippen LogP contribution in [-0.2, 0) is 26.0 Å². The van der Waals surface area contributed by atoms with Gasteiger partial charge in [0.25, 0.3) is 21.8 Å². The summed E-state index contributed by atoms with van der Waals surface area (Å²) >= 11 is 1.24. The van der Waals surface area contributed by atoms with Crippen LogP contribution in [-0.4, -0.2) is 58.3 Å². The van der Waals surface area contributed by atoms with Gasteiger partial charge in [-0.1, -0.05) is 48.0 Å². The molecule has 0 aliphatic carbocycles. The first kappa shape index (κ1) is 29.3. The number of carboxylic acids is 1. The Morgan fingerprint density at radius 2 is 1.65 bits per heavy atom. The third-order valence-electron chi connectivity index (χ3n) is 6.40. The Labute approximate surface area is 238 Å². The smallest absolute Gasteiger partial charge is 0.328 e. The Hall–Kier alpha value is -3.67. The largest absolute Gasteiger partial charge is 0.480 e. The van der Waals surface area contributed by atoms with Crippen molar-refractivity contribution in [3.63, 3.8) is 0 Å². The molecular formula is C29H31N3O6S2. The maximum Gasteiger partial charge on any atom is 0.328 e. The highest BCUT2D eigenvalue weighted by Crippen LogP contribution is 2.31. The second-order valence-corrected chi connectivity index (χ2v) is 13.2. The second-order valence-electron chi connectivity index (χ2n) is 10.2. The van der Waals surface area contributed by atoms with Gasteiger partial charge >= 0.3 is 5.97 Å². The molecule has 3 aromatic carbocycles. The summed E-state index contributed by atoms with van der Waals surface area (Å²) in [6, 6.07) is 19.3. The number of carbonyl (C=O) groups is 3. The predicted molar refractivity (Wildman–Crippen MR) is 155 cm³/mol. The molecule has 3 N–H and O–H groups in total. The molecule has 1 aliphatic heterocycles. The maximum absolute atomic E-state index is 13.8. The number of anilines is 1. The lowest BCUT2D eigenvalue weighted by molar-refractivity contribution is -0.146. The van der Waals surface area contributed by atoms with Crippen LogP contribution in [0.5, 0.6) is 0 Å². The number of nitrogens with one attached hydrogen (secondary N) is 2. The normalized spacial score (nSPS) is 17.1. The van der Waals surface area contributed by atoms with E-state index in [0.29, 0.717) is 26.9 Å². The second kappa shape index (κ2) is 11.8. The molecule has 3 aromatic rings. The molecule has 1 fully saturated rings. The van der Waals surface area contributed by atoms with Crippen LogP contribution < -0.4 is 10.6 Å². The van der Waals surface area contributed by atoms with Crippen LogP contribution in [0.1, 0.15) is 35.3 Å². The third kappa shape index (κ3) is 6.72. The van der Waals surface area contributed by atoms with Crippen LogP contribution in [0.4, 0.5) is 5.69 Å². The molecule has 0 unspecified atom stereocenters. The molecule has 0 radical (unpaired) electrons. The lowest BCUT2D eigenvalue weighted by Gasteiger charge is -2.31. The summed E-state index contributed by atoms with van der Waals surface area (Å²) < 4.78 is 28.1. The molecule has 40 heavy (non-hydrogen) atoms. The molecule has 0 saturated carbocycles. The molecular weight excluding hydrogens is 550 g/mol. The number of aliphatic carboxylic acids is 1. The molecule has 0 aromatic heterocycles. The number of sulfonamides is 1. The fourth-order valence-corrected chi connectivity index (χ4v) is 7.19. The summed E-state index contributed by atoms with van der Waals surface area (Å²) in [7, 11) is -4.52. The Morgan fingerprint density at radius 3 is 2.20 bits per heavy atom. The van der Waals surface area contributed by atoms with Gasteiger partial charge in [-0.15, -0.1) is 11.8 Å². The van der Waals surface area contributed by atoms with E-state index in [1.54, 1.807) is 73.7 Å². The fourth-order valence-electron chi connectivity index (χ4n) is 4.25. The predicted octanol–water partition coefficient (Wildman–Crippen LogP) is 3.90. The number of carbonyl (C=O) groups excluding carboxylic acids is 2.